The third-order valence-electron chi connectivity index (χ3n) is 9.45. The fourth-order valence-corrected chi connectivity index (χ4v) is 8.10. The highest BCUT2D eigenvalue weighted by Gasteiger charge is 2.73. The zero-order chi connectivity index (χ0) is 21.7. The number of aryl methyl sites for hydroxylation is 1. The third-order valence-corrected chi connectivity index (χ3v) is 9.45. The Morgan fingerprint density at radius 2 is 1.97 bits per heavy atom. The standard InChI is InChI=1S/C27H32N2O3/c1-28-15-13-26-23-18-9-10-21(31-2)24(23)32-25(26)20(11-12-27(26,30)22(28)16-18)29-14-5-7-17-6-3-4-8-19(17)29/h3-4,6,8-10,20,22,25,30H,5,7,11-16H2,1-2H3/t20?,22-,25+,26+,27?/m1/s1. The largest absolute Gasteiger partial charge is 0.493 e. The molecule has 2 aliphatic carbocycles. The van der Waals surface area contributed by atoms with E-state index >= 15 is 0 Å². The first-order chi connectivity index (χ1) is 15.6. The van der Waals surface area contributed by atoms with Gasteiger partial charge < -0.3 is 24.4 Å². The van der Waals surface area contributed by atoms with E-state index < -0.39 is 5.60 Å². The minimum absolute atomic E-state index is 0.0612. The lowest BCUT2D eigenvalue weighted by Gasteiger charge is -2.64. The van der Waals surface area contributed by atoms with Crippen molar-refractivity contribution in [3.63, 3.8) is 0 Å². The van der Waals surface area contributed by atoms with Crippen molar-refractivity contribution < 1.29 is 14.6 Å². The van der Waals surface area contributed by atoms with Crippen molar-refractivity contribution in [2.75, 3.05) is 32.1 Å². The minimum Gasteiger partial charge on any atom is -0.493 e. The summed E-state index contributed by atoms with van der Waals surface area (Å²) in [6.45, 7) is 2.05. The van der Waals surface area contributed by atoms with Crippen LogP contribution >= 0.6 is 0 Å². The van der Waals surface area contributed by atoms with Crippen LogP contribution in [0.25, 0.3) is 0 Å². The second-order valence-electron chi connectivity index (χ2n) is 10.5. The first-order valence-corrected chi connectivity index (χ1v) is 12.2. The Morgan fingerprint density at radius 3 is 2.84 bits per heavy atom. The second kappa shape index (κ2) is 6.42. The summed E-state index contributed by atoms with van der Waals surface area (Å²) in [6, 6.07) is 13.5. The summed E-state index contributed by atoms with van der Waals surface area (Å²) in [4.78, 5) is 5.00. The number of anilines is 1. The van der Waals surface area contributed by atoms with Crippen LogP contribution in [0.4, 0.5) is 5.69 Å². The van der Waals surface area contributed by atoms with Crippen molar-refractivity contribution >= 4 is 5.69 Å². The number of benzene rings is 2. The van der Waals surface area contributed by atoms with Gasteiger partial charge in [-0.3, -0.25) is 0 Å². The molecule has 5 aliphatic rings. The molecular weight excluding hydrogens is 400 g/mol. The van der Waals surface area contributed by atoms with Gasteiger partial charge >= 0.3 is 0 Å². The predicted molar refractivity (Wildman–Crippen MR) is 124 cm³/mol. The van der Waals surface area contributed by atoms with Gasteiger partial charge in [0.25, 0.3) is 0 Å². The zero-order valence-electron chi connectivity index (χ0n) is 19.0. The van der Waals surface area contributed by atoms with Gasteiger partial charge in [0.2, 0.25) is 0 Å². The maximum atomic E-state index is 12.5. The van der Waals surface area contributed by atoms with Gasteiger partial charge in [-0.1, -0.05) is 24.3 Å². The Kier molecular flexibility index (Phi) is 3.86. The highest BCUT2D eigenvalue weighted by Crippen LogP contribution is 2.66. The number of methoxy groups -OCH3 is 1. The second-order valence-corrected chi connectivity index (χ2v) is 10.5. The number of para-hydroxylation sites is 1. The van der Waals surface area contributed by atoms with Gasteiger partial charge in [-0.2, -0.15) is 0 Å². The molecule has 1 spiro atoms. The molecule has 32 heavy (non-hydrogen) atoms. The molecular formula is C27H32N2O3. The highest BCUT2D eigenvalue weighted by molar-refractivity contribution is 5.64. The van der Waals surface area contributed by atoms with E-state index in [1.165, 1.54) is 28.8 Å². The lowest BCUT2D eigenvalue weighted by Crippen LogP contribution is -2.78. The number of hydrogen-bond donors (Lipinski definition) is 1. The van der Waals surface area contributed by atoms with Crippen molar-refractivity contribution in [3.05, 3.63) is 53.1 Å². The molecule has 168 valence electrons. The molecule has 0 amide bonds. The molecule has 2 aromatic rings. The average molecular weight is 433 g/mol. The molecule has 3 heterocycles. The van der Waals surface area contributed by atoms with Crippen LogP contribution < -0.4 is 14.4 Å². The lowest BCUT2D eigenvalue weighted by molar-refractivity contribution is -0.184. The van der Waals surface area contributed by atoms with E-state index in [2.05, 4.69) is 53.2 Å². The SMILES string of the molecule is COc1ccc2c3c1O[C@H]1C(N4CCCc5ccccc54)CCC4(O)[C@@H](C2)N(C)CC[C@]314. The smallest absolute Gasteiger partial charge is 0.166 e. The quantitative estimate of drug-likeness (QED) is 0.789. The molecule has 2 fully saturated rings. The predicted octanol–water partition coefficient (Wildman–Crippen LogP) is 3.30. The molecule has 5 atom stereocenters. The molecule has 0 radical (unpaired) electrons. The molecule has 7 rings (SSSR count). The number of likely N-dealkylation sites (N-methyl/N-ethyl adjacent to an activating group) is 1. The molecule has 5 heteroatoms. The van der Waals surface area contributed by atoms with Gasteiger partial charge in [-0.05, 0) is 75.4 Å². The van der Waals surface area contributed by atoms with E-state index in [0.717, 1.165) is 56.7 Å². The van der Waals surface area contributed by atoms with E-state index in [-0.39, 0.29) is 23.6 Å². The van der Waals surface area contributed by atoms with E-state index in [1.54, 1.807) is 7.11 Å². The third kappa shape index (κ3) is 2.12. The fraction of sp³-hybridized carbons (Fsp3) is 0.556. The van der Waals surface area contributed by atoms with Gasteiger partial charge in [-0.15, -0.1) is 0 Å². The van der Waals surface area contributed by atoms with Crippen LogP contribution in [0.1, 0.15) is 42.4 Å². The molecule has 1 N–H and O–H groups in total. The zero-order valence-corrected chi connectivity index (χ0v) is 19.0. The summed E-state index contributed by atoms with van der Waals surface area (Å²) in [7, 11) is 3.91. The first-order valence-electron chi connectivity index (χ1n) is 12.2. The number of fused-ring (bicyclic) bond motifs is 1. The Balaban J connectivity index is 1.43. The summed E-state index contributed by atoms with van der Waals surface area (Å²) in [6.07, 6.45) is 5.84. The van der Waals surface area contributed by atoms with Gasteiger partial charge in [0.1, 0.15) is 6.10 Å². The Labute approximate surface area is 189 Å². The molecule has 0 aromatic heterocycles. The lowest BCUT2D eigenvalue weighted by atomic mass is 9.48. The van der Waals surface area contributed by atoms with Crippen LogP contribution in [-0.4, -0.2) is 61.0 Å². The van der Waals surface area contributed by atoms with Gasteiger partial charge in [0, 0.05) is 23.8 Å². The topological polar surface area (TPSA) is 45.2 Å². The van der Waals surface area contributed by atoms with Crippen molar-refractivity contribution in [1.82, 2.24) is 4.90 Å². The van der Waals surface area contributed by atoms with E-state index in [4.69, 9.17) is 9.47 Å². The molecule has 2 bridgehead atoms. The van der Waals surface area contributed by atoms with Crippen molar-refractivity contribution in [2.45, 2.75) is 67.7 Å². The minimum atomic E-state index is -0.763. The highest BCUT2D eigenvalue weighted by atomic mass is 16.5. The van der Waals surface area contributed by atoms with E-state index in [0.29, 0.717) is 0 Å². The normalized spacial score (nSPS) is 36.8. The molecule has 3 aliphatic heterocycles. The number of ether oxygens (including phenoxy) is 2. The van der Waals surface area contributed by atoms with Gasteiger partial charge in [0.05, 0.1) is 24.2 Å². The number of piperidine rings is 1. The first kappa shape index (κ1) is 19.2. The fourth-order valence-electron chi connectivity index (χ4n) is 8.10. The summed E-state index contributed by atoms with van der Waals surface area (Å²) in [5.74, 6) is 1.71. The van der Waals surface area contributed by atoms with Crippen LogP contribution in [0.15, 0.2) is 36.4 Å². The van der Waals surface area contributed by atoms with Crippen LogP contribution in [0.5, 0.6) is 11.5 Å². The van der Waals surface area contributed by atoms with E-state index in [1.807, 2.05) is 0 Å². The Bertz CT molecular complexity index is 1100. The van der Waals surface area contributed by atoms with E-state index in [9.17, 15) is 5.11 Å². The monoisotopic (exact) mass is 432 g/mol. The van der Waals surface area contributed by atoms with Gasteiger partial charge in [-0.25, -0.2) is 0 Å². The summed E-state index contributed by atoms with van der Waals surface area (Å²) >= 11 is 0. The number of hydrogen-bond acceptors (Lipinski definition) is 5. The molecule has 2 unspecified atom stereocenters. The molecule has 1 saturated heterocycles. The summed E-state index contributed by atoms with van der Waals surface area (Å²) < 4.78 is 12.7. The number of rotatable bonds is 2. The molecule has 1 saturated carbocycles. The van der Waals surface area contributed by atoms with Crippen molar-refractivity contribution in [1.29, 1.82) is 0 Å². The summed E-state index contributed by atoms with van der Waals surface area (Å²) in [5.41, 5.74) is 4.26. The molecule has 5 nitrogen and oxygen atoms in total. The summed E-state index contributed by atoms with van der Waals surface area (Å²) in [5, 5.41) is 12.5. The number of likely N-dealkylation sites (tertiary alicyclic amines) is 1. The van der Waals surface area contributed by atoms with Crippen LogP contribution in [0.3, 0.4) is 0 Å². The number of aliphatic hydroxyl groups is 1. The Morgan fingerprint density at radius 1 is 1.09 bits per heavy atom. The maximum Gasteiger partial charge on any atom is 0.166 e. The van der Waals surface area contributed by atoms with Crippen molar-refractivity contribution in [3.8, 4) is 11.5 Å². The van der Waals surface area contributed by atoms with Crippen LogP contribution in [-0.2, 0) is 18.3 Å². The van der Waals surface area contributed by atoms with Gasteiger partial charge in [0.15, 0.2) is 11.5 Å². The maximum absolute atomic E-state index is 12.5. The van der Waals surface area contributed by atoms with Crippen molar-refractivity contribution in [2.24, 2.45) is 0 Å². The number of nitrogens with zero attached hydrogens (tertiary/aromatic N) is 2. The Hall–Kier alpha value is -2.24. The van der Waals surface area contributed by atoms with Crippen LogP contribution in [0, 0.1) is 0 Å². The molecule has 2 aromatic carbocycles. The van der Waals surface area contributed by atoms with Crippen LogP contribution in [0.2, 0.25) is 0 Å². The average Bonchev–Trinajstić information content (AvgIpc) is 3.17.